The SMILES string of the molecule is CN=C(NCc1cc(OC)c(O)c(OC)c1)NCC1CC1.I. The van der Waals surface area contributed by atoms with Crippen molar-refractivity contribution in [1.82, 2.24) is 10.6 Å². The Hall–Kier alpha value is -1.38. The standard InChI is InChI=1S/C15H23N3O3.HI/c1-16-15(17-8-10-4-5-10)18-9-11-6-12(20-2)14(19)13(7-11)21-3;/h6-7,10,19H,4-5,8-9H2,1-3H3,(H2,16,17,18);1H. The van der Waals surface area contributed by atoms with Crippen LogP contribution in [0.15, 0.2) is 17.1 Å². The van der Waals surface area contributed by atoms with Gasteiger partial charge in [-0.25, -0.2) is 0 Å². The summed E-state index contributed by atoms with van der Waals surface area (Å²) in [7, 11) is 4.78. The number of ether oxygens (including phenoxy) is 2. The molecule has 7 heteroatoms. The Bertz CT molecular complexity index is 494. The monoisotopic (exact) mass is 421 g/mol. The molecule has 1 saturated carbocycles. The van der Waals surface area contributed by atoms with E-state index < -0.39 is 0 Å². The zero-order chi connectivity index (χ0) is 15.2. The second-order valence-corrected chi connectivity index (χ2v) is 5.10. The second-order valence-electron chi connectivity index (χ2n) is 5.10. The van der Waals surface area contributed by atoms with Crippen LogP contribution in [-0.2, 0) is 6.54 Å². The molecule has 1 aliphatic carbocycles. The molecule has 1 aliphatic rings. The van der Waals surface area contributed by atoms with Crippen LogP contribution in [-0.4, -0.2) is 38.9 Å². The third-order valence-electron chi connectivity index (χ3n) is 3.48. The molecule has 0 spiro atoms. The molecule has 124 valence electrons. The molecule has 1 fully saturated rings. The third-order valence-corrected chi connectivity index (χ3v) is 3.48. The van der Waals surface area contributed by atoms with Crippen molar-refractivity contribution in [2.24, 2.45) is 10.9 Å². The minimum absolute atomic E-state index is 0. The Kier molecular flexibility index (Phi) is 7.57. The fourth-order valence-corrected chi connectivity index (χ4v) is 2.02. The molecular formula is C15H24IN3O3. The molecule has 0 bridgehead atoms. The fraction of sp³-hybridized carbons (Fsp3) is 0.533. The van der Waals surface area contributed by atoms with Gasteiger partial charge in [0, 0.05) is 20.1 Å². The normalized spacial score (nSPS) is 14.0. The Labute approximate surface area is 148 Å². The smallest absolute Gasteiger partial charge is 0.200 e. The Morgan fingerprint density at radius 3 is 2.27 bits per heavy atom. The lowest BCUT2D eigenvalue weighted by Crippen LogP contribution is -2.37. The number of rotatable bonds is 6. The van der Waals surface area contributed by atoms with Gasteiger partial charge >= 0.3 is 0 Å². The van der Waals surface area contributed by atoms with E-state index in [4.69, 9.17) is 9.47 Å². The number of methoxy groups -OCH3 is 2. The van der Waals surface area contributed by atoms with Gasteiger partial charge in [-0.3, -0.25) is 4.99 Å². The quantitative estimate of drug-likeness (QED) is 0.373. The first-order valence-electron chi connectivity index (χ1n) is 7.06. The highest BCUT2D eigenvalue weighted by molar-refractivity contribution is 14.0. The number of phenols is 1. The lowest BCUT2D eigenvalue weighted by molar-refractivity contribution is 0.339. The van der Waals surface area contributed by atoms with Gasteiger partial charge in [0.15, 0.2) is 17.5 Å². The van der Waals surface area contributed by atoms with Crippen LogP contribution in [0.1, 0.15) is 18.4 Å². The molecule has 3 N–H and O–H groups in total. The molecule has 0 radical (unpaired) electrons. The number of halogens is 1. The highest BCUT2D eigenvalue weighted by Gasteiger charge is 2.21. The van der Waals surface area contributed by atoms with Crippen molar-refractivity contribution in [3.8, 4) is 17.2 Å². The molecule has 1 aromatic carbocycles. The van der Waals surface area contributed by atoms with Gasteiger partial charge in [-0.05, 0) is 36.5 Å². The summed E-state index contributed by atoms with van der Waals surface area (Å²) in [5, 5.41) is 16.4. The number of nitrogens with one attached hydrogen (secondary N) is 2. The van der Waals surface area contributed by atoms with Crippen LogP contribution < -0.4 is 20.1 Å². The average molecular weight is 421 g/mol. The number of hydrogen-bond donors (Lipinski definition) is 3. The number of aromatic hydroxyl groups is 1. The molecule has 0 saturated heterocycles. The first kappa shape index (κ1) is 18.7. The maximum atomic E-state index is 9.88. The Morgan fingerprint density at radius 1 is 1.23 bits per heavy atom. The summed E-state index contributed by atoms with van der Waals surface area (Å²) in [6.07, 6.45) is 2.60. The lowest BCUT2D eigenvalue weighted by atomic mass is 10.2. The van der Waals surface area contributed by atoms with Crippen LogP contribution in [0.2, 0.25) is 0 Å². The van der Waals surface area contributed by atoms with Crippen molar-refractivity contribution < 1.29 is 14.6 Å². The van der Waals surface area contributed by atoms with E-state index in [1.807, 2.05) is 0 Å². The summed E-state index contributed by atoms with van der Waals surface area (Å²) in [6, 6.07) is 3.55. The molecule has 6 nitrogen and oxygen atoms in total. The molecular weight excluding hydrogens is 397 g/mol. The Balaban J connectivity index is 0.00000242. The molecule has 1 aromatic rings. The fourth-order valence-electron chi connectivity index (χ4n) is 2.02. The molecule has 0 unspecified atom stereocenters. The average Bonchev–Trinajstić information content (AvgIpc) is 3.32. The predicted molar refractivity (Wildman–Crippen MR) is 97.6 cm³/mol. The molecule has 0 amide bonds. The third kappa shape index (κ3) is 5.11. The van der Waals surface area contributed by atoms with E-state index in [1.165, 1.54) is 27.1 Å². The van der Waals surface area contributed by atoms with Gasteiger partial charge in [0.25, 0.3) is 0 Å². The highest BCUT2D eigenvalue weighted by Crippen LogP contribution is 2.37. The minimum atomic E-state index is 0. The summed E-state index contributed by atoms with van der Waals surface area (Å²) in [5.74, 6) is 2.37. The van der Waals surface area contributed by atoms with Crippen molar-refractivity contribution in [3.05, 3.63) is 17.7 Å². The van der Waals surface area contributed by atoms with Gasteiger partial charge in [-0.15, -0.1) is 24.0 Å². The van der Waals surface area contributed by atoms with E-state index in [-0.39, 0.29) is 29.7 Å². The number of hydrogen-bond acceptors (Lipinski definition) is 4. The van der Waals surface area contributed by atoms with Crippen LogP contribution in [0.3, 0.4) is 0 Å². The molecule has 0 aromatic heterocycles. The van der Waals surface area contributed by atoms with Gasteiger partial charge in [0.2, 0.25) is 5.75 Å². The first-order valence-corrected chi connectivity index (χ1v) is 7.06. The van der Waals surface area contributed by atoms with Crippen molar-refractivity contribution >= 4 is 29.9 Å². The summed E-state index contributed by atoms with van der Waals surface area (Å²) < 4.78 is 10.3. The van der Waals surface area contributed by atoms with E-state index in [0.717, 1.165) is 24.0 Å². The van der Waals surface area contributed by atoms with Crippen molar-refractivity contribution in [2.45, 2.75) is 19.4 Å². The molecule has 0 heterocycles. The van der Waals surface area contributed by atoms with Gasteiger partial charge in [0.05, 0.1) is 14.2 Å². The summed E-state index contributed by atoms with van der Waals surface area (Å²) in [4.78, 5) is 4.19. The summed E-state index contributed by atoms with van der Waals surface area (Å²) in [6.45, 7) is 1.53. The van der Waals surface area contributed by atoms with E-state index in [9.17, 15) is 5.11 Å². The summed E-state index contributed by atoms with van der Waals surface area (Å²) >= 11 is 0. The predicted octanol–water partition coefficient (Wildman–Crippen LogP) is 2.10. The van der Waals surface area contributed by atoms with Crippen molar-refractivity contribution in [2.75, 3.05) is 27.8 Å². The topological polar surface area (TPSA) is 75.1 Å². The van der Waals surface area contributed by atoms with Gasteiger partial charge in [-0.1, -0.05) is 0 Å². The van der Waals surface area contributed by atoms with E-state index in [2.05, 4.69) is 15.6 Å². The maximum absolute atomic E-state index is 9.88. The van der Waals surface area contributed by atoms with Gasteiger partial charge < -0.3 is 25.2 Å². The number of aliphatic imine (C=N–C) groups is 1. The molecule has 2 rings (SSSR count). The number of benzene rings is 1. The first-order chi connectivity index (χ1) is 10.2. The van der Waals surface area contributed by atoms with E-state index in [0.29, 0.717) is 18.0 Å². The molecule has 0 atom stereocenters. The van der Waals surface area contributed by atoms with Gasteiger partial charge in [0.1, 0.15) is 0 Å². The van der Waals surface area contributed by atoms with Crippen molar-refractivity contribution in [1.29, 1.82) is 0 Å². The number of phenolic OH excluding ortho intramolecular Hbond substituents is 1. The maximum Gasteiger partial charge on any atom is 0.200 e. The van der Waals surface area contributed by atoms with Crippen LogP contribution in [0.5, 0.6) is 17.2 Å². The zero-order valence-corrected chi connectivity index (χ0v) is 15.5. The molecule has 22 heavy (non-hydrogen) atoms. The van der Waals surface area contributed by atoms with Crippen LogP contribution in [0, 0.1) is 5.92 Å². The highest BCUT2D eigenvalue weighted by atomic mass is 127. The number of nitrogens with zero attached hydrogens (tertiary/aromatic N) is 1. The van der Waals surface area contributed by atoms with Gasteiger partial charge in [-0.2, -0.15) is 0 Å². The van der Waals surface area contributed by atoms with E-state index in [1.54, 1.807) is 19.2 Å². The zero-order valence-electron chi connectivity index (χ0n) is 13.2. The largest absolute Gasteiger partial charge is 0.502 e. The van der Waals surface area contributed by atoms with E-state index >= 15 is 0 Å². The number of guanidine groups is 1. The summed E-state index contributed by atoms with van der Waals surface area (Å²) in [5.41, 5.74) is 0.941. The lowest BCUT2D eigenvalue weighted by Gasteiger charge is -2.14. The minimum Gasteiger partial charge on any atom is -0.502 e. The van der Waals surface area contributed by atoms with Crippen LogP contribution in [0.25, 0.3) is 0 Å². The second kappa shape index (κ2) is 8.92. The Morgan fingerprint density at radius 2 is 1.82 bits per heavy atom. The van der Waals surface area contributed by atoms with Crippen molar-refractivity contribution in [3.63, 3.8) is 0 Å². The molecule has 0 aliphatic heterocycles. The van der Waals surface area contributed by atoms with Crippen LogP contribution >= 0.6 is 24.0 Å². The van der Waals surface area contributed by atoms with Crippen LogP contribution in [0.4, 0.5) is 0 Å².